The van der Waals surface area contributed by atoms with Crippen LogP contribution in [0.2, 0.25) is 0 Å². The molecule has 108 valence electrons. The lowest BCUT2D eigenvalue weighted by Gasteiger charge is -2.09. The van der Waals surface area contributed by atoms with Gasteiger partial charge in [0.05, 0.1) is 4.92 Å². The van der Waals surface area contributed by atoms with Crippen LogP contribution in [0.25, 0.3) is 0 Å². The van der Waals surface area contributed by atoms with Gasteiger partial charge in [0.25, 0.3) is 0 Å². The number of carbonyl (C=O) groups excluding carboxylic acids is 1. The molecule has 0 unspecified atom stereocenters. The Morgan fingerprint density at radius 1 is 1.19 bits per heavy atom. The van der Waals surface area contributed by atoms with E-state index in [0.29, 0.717) is 25.1 Å². The number of nitrogens with zero attached hydrogens (tertiary/aromatic N) is 2. The molecule has 0 aliphatic rings. The standard InChI is InChI=1S/C14H14N4O3/c19-10-17-13-6-3-5-12(14(13)18(20)21)16-9-7-11-4-1-2-8-15-11/h1-6,8,10,16H,7,9H2,(H,17,19). The van der Waals surface area contributed by atoms with Crippen LogP contribution < -0.4 is 10.6 Å². The Bertz CT molecular complexity index is 631. The van der Waals surface area contributed by atoms with E-state index < -0.39 is 4.92 Å². The number of rotatable bonds is 7. The van der Waals surface area contributed by atoms with E-state index in [2.05, 4.69) is 15.6 Å². The molecule has 0 aliphatic carbocycles. The van der Waals surface area contributed by atoms with Crippen LogP contribution in [0.1, 0.15) is 5.69 Å². The predicted octanol–water partition coefficient (Wildman–Crippen LogP) is 2.21. The van der Waals surface area contributed by atoms with E-state index in [1.165, 1.54) is 6.07 Å². The first-order valence-electron chi connectivity index (χ1n) is 6.33. The SMILES string of the molecule is O=CNc1cccc(NCCc2ccccn2)c1[N+](=O)[O-]. The Morgan fingerprint density at radius 3 is 2.67 bits per heavy atom. The van der Waals surface area contributed by atoms with Crippen molar-refractivity contribution in [1.29, 1.82) is 0 Å². The lowest BCUT2D eigenvalue weighted by Crippen LogP contribution is -2.09. The van der Waals surface area contributed by atoms with Crippen LogP contribution in [0, 0.1) is 10.1 Å². The number of anilines is 2. The van der Waals surface area contributed by atoms with Gasteiger partial charge in [-0.3, -0.25) is 19.9 Å². The zero-order chi connectivity index (χ0) is 15.1. The smallest absolute Gasteiger partial charge is 0.315 e. The molecule has 0 atom stereocenters. The molecule has 0 radical (unpaired) electrons. The Morgan fingerprint density at radius 2 is 2.00 bits per heavy atom. The fraction of sp³-hybridized carbons (Fsp3) is 0.143. The third-order valence-electron chi connectivity index (χ3n) is 2.86. The number of amides is 1. The highest BCUT2D eigenvalue weighted by Gasteiger charge is 2.19. The second-order valence-electron chi connectivity index (χ2n) is 4.22. The second kappa shape index (κ2) is 6.99. The summed E-state index contributed by atoms with van der Waals surface area (Å²) in [5, 5.41) is 16.5. The number of carbonyl (C=O) groups is 1. The fourth-order valence-corrected chi connectivity index (χ4v) is 1.93. The molecule has 7 nitrogen and oxygen atoms in total. The lowest BCUT2D eigenvalue weighted by atomic mass is 10.2. The number of aromatic nitrogens is 1. The molecular formula is C14H14N4O3. The number of para-hydroxylation sites is 1. The summed E-state index contributed by atoms with van der Waals surface area (Å²) in [6.45, 7) is 0.502. The Labute approximate surface area is 121 Å². The normalized spacial score (nSPS) is 9.90. The highest BCUT2D eigenvalue weighted by Crippen LogP contribution is 2.32. The quantitative estimate of drug-likeness (QED) is 0.462. The molecule has 0 bridgehead atoms. The van der Waals surface area contributed by atoms with Gasteiger partial charge in [-0.1, -0.05) is 12.1 Å². The van der Waals surface area contributed by atoms with Gasteiger partial charge in [-0.2, -0.15) is 0 Å². The van der Waals surface area contributed by atoms with Crippen molar-refractivity contribution in [3.8, 4) is 0 Å². The molecule has 2 rings (SSSR count). The monoisotopic (exact) mass is 286 g/mol. The van der Waals surface area contributed by atoms with Gasteiger partial charge >= 0.3 is 5.69 Å². The van der Waals surface area contributed by atoms with Gasteiger partial charge in [-0.15, -0.1) is 0 Å². The molecular weight excluding hydrogens is 272 g/mol. The van der Waals surface area contributed by atoms with Crippen molar-refractivity contribution in [2.24, 2.45) is 0 Å². The third kappa shape index (κ3) is 3.75. The minimum absolute atomic E-state index is 0.148. The molecule has 1 aromatic carbocycles. The van der Waals surface area contributed by atoms with Crippen LogP contribution in [-0.2, 0) is 11.2 Å². The van der Waals surface area contributed by atoms with E-state index >= 15 is 0 Å². The average Bonchev–Trinajstić information content (AvgIpc) is 2.48. The van der Waals surface area contributed by atoms with Crippen LogP contribution in [0.5, 0.6) is 0 Å². The first-order chi connectivity index (χ1) is 10.2. The topological polar surface area (TPSA) is 97.2 Å². The summed E-state index contributed by atoms with van der Waals surface area (Å²) < 4.78 is 0. The maximum Gasteiger partial charge on any atom is 0.315 e. The van der Waals surface area contributed by atoms with E-state index in [0.717, 1.165) is 5.69 Å². The van der Waals surface area contributed by atoms with Crippen molar-refractivity contribution in [2.45, 2.75) is 6.42 Å². The van der Waals surface area contributed by atoms with Crippen LogP contribution in [0.4, 0.5) is 17.1 Å². The van der Waals surface area contributed by atoms with Crippen LogP contribution in [0.3, 0.4) is 0 Å². The molecule has 0 saturated carbocycles. The van der Waals surface area contributed by atoms with Gasteiger partial charge in [0.2, 0.25) is 6.41 Å². The van der Waals surface area contributed by atoms with Gasteiger partial charge in [0, 0.05) is 24.9 Å². The minimum atomic E-state index is -0.519. The number of nitro groups is 1. The molecule has 1 aromatic heterocycles. The summed E-state index contributed by atoms with van der Waals surface area (Å²) in [5.74, 6) is 0. The zero-order valence-corrected chi connectivity index (χ0v) is 11.2. The van der Waals surface area contributed by atoms with Crippen LogP contribution in [-0.4, -0.2) is 22.9 Å². The molecule has 0 spiro atoms. The number of hydrogen-bond acceptors (Lipinski definition) is 5. The average molecular weight is 286 g/mol. The third-order valence-corrected chi connectivity index (χ3v) is 2.86. The molecule has 2 N–H and O–H groups in total. The second-order valence-corrected chi connectivity index (χ2v) is 4.22. The summed E-state index contributed by atoms with van der Waals surface area (Å²) in [7, 11) is 0. The maximum absolute atomic E-state index is 11.1. The van der Waals surface area contributed by atoms with Gasteiger partial charge in [0.15, 0.2) is 0 Å². The van der Waals surface area contributed by atoms with Crippen LogP contribution >= 0.6 is 0 Å². The highest BCUT2D eigenvalue weighted by molar-refractivity contribution is 5.83. The summed E-state index contributed by atoms with van der Waals surface area (Å²) in [5.41, 5.74) is 1.28. The first-order valence-corrected chi connectivity index (χ1v) is 6.33. The maximum atomic E-state index is 11.1. The number of hydrogen-bond donors (Lipinski definition) is 2. The minimum Gasteiger partial charge on any atom is -0.379 e. The summed E-state index contributed by atoms with van der Waals surface area (Å²) in [6.07, 6.45) is 2.76. The summed E-state index contributed by atoms with van der Waals surface area (Å²) in [4.78, 5) is 25.3. The number of benzene rings is 1. The van der Waals surface area contributed by atoms with Crippen molar-refractivity contribution in [3.63, 3.8) is 0 Å². The molecule has 7 heteroatoms. The highest BCUT2D eigenvalue weighted by atomic mass is 16.6. The van der Waals surface area contributed by atoms with Crippen molar-refractivity contribution in [1.82, 2.24) is 4.98 Å². The molecule has 0 aliphatic heterocycles. The van der Waals surface area contributed by atoms with Crippen LogP contribution in [0.15, 0.2) is 42.6 Å². The van der Waals surface area contributed by atoms with Crippen molar-refractivity contribution >= 4 is 23.5 Å². The van der Waals surface area contributed by atoms with Gasteiger partial charge in [-0.25, -0.2) is 0 Å². The van der Waals surface area contributed by atoms with E-state index in [1.807, 2.05) is 18.2 Å². The number of nitro benzene ring substituents is 1. The van der Waals surface area contributed by atoms with E-state index in [-0.39, 0.29) is 11.4 Å². The molecule has 0 saturated heterocycles. The van der Waals surface area contributed by atoms with Crippen molar-refractivity contribution in [2.75, 3.05) is 17.2 Å². The zero-order valence-electron chi connectivity index (χ0n) is 11.2. The number of nitrogens with one attached hydrogen (secondary N) is 2. The molecule has 1 amide bonds. The fourth-order valence-electron chi connectivity index (χ4n) is 1.93. The van der Waals surface area contributed by atoms with E-state index in [4.69, 9.17) is 0 Å². The summed E-state index contributed by atoms with van der Waals surface area (Å²) in [6, 6.07) is 10.3. The molecule has 21 heavy (non-hydrogen) atoms. The predicted molar refractivity (Wildman–Crippen MR) is 79.2 cm³/mol. The summed E-state index contributed by atoms with van der Waals surface area (Å²) >= 11 is 0. The lowest BCUT2D eigenvalue weighted by molar-refractivity contribution is -0.383. The molecule has 2 aromatic rings. The van der Waals surface area contributed by atoms with Crippen molar-refractivity contribution < 1.29 is 9.72 Å². The number of pyridine rings is 1. The Kier molecular flexibility index (Phi) is 4.81. The molecule has 1 heterocycles. The first kappa shape index (κ1) is 14.4. The van der Waals surface area contributed by atoms with Gasteiger partial charge in [0.1, 0.15) is 11.4 Å². The Hall–Kier alpha value is -2.96. The van der Waals surface area contributed by atoms with E-state index in [1.54, 1.807) is 18.3 Å². The Balaban J connectivity index is 2.10. The van der Waals surface area contributed by atoms with Gasteiger partial charge in [-0.05, 0) is 24.3 Å². The van der Waals surface area contributed by atoms with E-state index in [9.17, 15) is 14.9 Å². The molecule has 0 fully saturated rings. The largest absolute Gasteiger partial charge is 0.379 e. The van der Waals surface area contributed by atoms with Crippen molar-refractivity contribution in [3.05, 3.63) is 58.4 Å². The van der Waals surface area contributed by atoms with Gasteiger partial charge < -0.3 is 10.6 Å².